The van der Waals surface area contributed by atoms with Gasteiger partial charge in [-0.15, -0.1) is 0 Å². The van der Waals surface area contributed by atoms with E-state index in [0.717, 1.165) is 5.56 Å². The average Bonchev–Trinajstić information content (AvgIpc) is 2.33. The number of ether oxygens (including phenoxy) is 1. The molecule has 0 spiro atoms. The van der Waals surface area contributed by atoms with Gasteiger partial charge in [-0.2, -0.15) is 0 Å². The number of aromatic nitrogens is 2. The molecular weight excluding hydrogens is 204 g/mol. The summed E-state index contributed by atoms with van der Waals surface area (Å²) in [6.45, 7) is 1.74. The predicted octanol–water partition coefficient (Wildman–Crippen LogP) is 1.75. The molecule has 0 fully saturated rings. The van der Waals surface area contributed by atoms with Crippen molar-refractivity contribution in [2.75, 3.05) is 7.11 Å². The Hall–Kier alpha value is -2.10. The summed E-state index contributed by atoms with van der Waals surface area (Å²) in [6, 6.07) is 7.50. The zero-order valence-electron chi connectivity index (χ0n) is 9.15. The van der Waals surface area contributed by atoms with Crippen molar-refractivity contribution in [2.24, 2.45) is 0 Å². The minimum absolute atomic E-state index is 0.129. The van der Waals surface area contributed by atoms with Crippen molar-refractivity contribution in [2.45, 2.75) is 6.92 Å². The van der Waals surface area contributed by atoms with Crippen molar-refractivity contribution >= 4 is 0 Å². The van der Waals surface area contributed by atoms with E-state index in [1.807, 2.05) is 24.3 Å². The van der Waals surface area contributed by atoms with Crippen LogP contribution in [-0.4, -0.2) is 17.1 Å². The number of hydrogen-bond acceptors (Lipinski definition) is 3. The number of methoxy groups -OCH3 is 1. The monoisotopic (exact) mass is 216 g/mol. The minimum atomic E-state index is -0.129. The fourth-order valence-corrected chi connectivity index (χ4v) is 1.58. The number of rotatable bonds is 2. The fourth-order valence-electron chi connectivity index (χ4n) is 1.58. The van der Waals surface area contributed by atoms with Crippen molar-refractivity contribution in [1.82, 2.24) is 9.97 Å². The van der Waals surface area contributed by atoms with E-state index in [4.69, 9.17) is 4.74 Å². The number of H-pyrrole nitrogens is 1. The zero-order valence-corrected chi connectivity index (χ0v) is 9.15. The van der Waals surface area contributed by atoms with Gasteiger partial charge in [-0.3, -0.25) is 4.79 Å². The van der Waals surface area contributed by atoms with E-state index in [9.17, 15) is 4.79 Å². The van der Waals surface area contributed by atoms with Crippen LogP contribution in [0.3, 0.4) is 0 Å². The highest BCUT2D eigenvalue weighted by molar-refractivity contribution is 5.69. The highest BCUT2D eigenvalue weighted by atomic mass is 16.5. The molecule has 1 heterocycles. The first-order valence-electron chi connectivity index (χ1n) is 4.91. The topological polar surface area (TPSA) is 55.0 Å². The molecule has 0 unspecified atom stereocenters. The Labute approximate surface area is 92.9 Å². The van der Waals surface area contributed by atoms with Crippen LogP contribution in [0.15, 0.2) is 35.4 Å². The van der Waals surface area contributed by atoms with Crippen LogP contribution in [0, 0.1) is 6.92 Å². The first-order chi connectivity index (χ1) is 7.74. The maximum Gasteiger partial charge on any atom is 0.254 e. The summed E-state index contributed by atoms with van der Waals surface area (Å²) in [5.74, 6) is 0.712. The van der Waals surface area contributed by atoms with Crippen LogP contribution in [0.4, 0.5) is 0 Å². The lowest BCUT2D eigenvalue weighted by molar-refractivity contribution is 0.416. The lowest BCUT2D eigenvalue weighted by Gasteiger charge is -2.08. The molecule has 4 nitrogen and oxygen atoms in total. The highest BCUT2D eigenvalue weighted by Gasteiger charge is 2.10. The summed E-state index contributed by atoms with van der Waals surface area (Å²) in [5.41, 5.74) is 1.94. The Balaban J connectivity index is 2.68. The molecule has 0 aliphatic carbocycles. The lowest BCUT2D eigenvalue weighted by atomic mass is 10.1. The maximum absolute atomic E-state index is 11.5. The highest BCUT2D eigenvalue weighted by Crippen LogP contribution is 2.28. The molecule has 0 bridgehead atoms. The molecule has 16 heavy (non-hydrogen) atoms. The quantitative estimate of drug-likeness (QED) is 0.832. The first kappa shape index (κ1) is 10.4. The van der Waals surface area contributed by atoms with Crippen molar-refractivity contribution in [3.05, 3.63) is 46.5 Å². The molecule has 0 amide bonds. The maximum atomic E-state index is 11.5. The SMILES string of the molecule is COc1ccccc1-c1nc[nH]c(=O)c1C. The van der Waals surface area contributed by atoms with Gasteiger partial charge in [-0.1, -0.05) is 12.1 Å². The largest absolute Gasteiger partial charge is 0.496 e. The summed E-state index contributed by atoms with van der Waals surface area (Å²) in [7, 11) is 1.60. The van der Waals surface area contributed by atoms with Crippen LogP contribution in [0.1, 0.15) is 5.56 Å². The molecule has 0 aliphatic rings. The van der Waals surface area contributed by atoms with Crippen LogP contribution in [0.2, 0.25) is 0 Å². The van der Waals surface area contributed by atoms with E-state index in [0.29, 0.717) is 17.0 Å². The normalized spacial score (nSPS) is 10.1. The third kappa shape index (κ3) is 1.69. The summed E-state index contributed by atoms with van der Waals surface area (Å²) in [4.78, 5) is 18.2. The summed E-state index contributed by atoms with van der Waals surface area (Å²) >= 11 is 0. The van der Waals surface area contributed by atoms with Crippen molar-refractivity contribution in [3.63, 3.8) is 0 Å². The van der Waals surface area contributed by atoms with Gasteiger partial charge >= 0.3 is 0 Å². The molecule has 0 radical (unpaired) electrons. The van der Waals surface area contributed by atoms with Gasteiger partial charge < -0.3 is 9.72 Å². The van der Waals surface area contributed by atoms with Crippen LogP contribution >= 0.6 is 0 Å². The summed E-state index contributed by atoms with van der Waals surface area (Å²) < 4.78 is 5.24. The van der Waals surface area contributed by atoms with Gasteiger partial charge in [0.15, 0.2) is 0 Å². The predicted molar refractivity (Wildman–Crippen MR) is 61.6 cm³/mol. The van der Waals surface area contributed by atoms with Gasteiger partial charge in [-0.05, 0) is 19.1 Å². The molecule has 0 atom stereocenters. The number of hydrogen-bond donors (Lipinski definition) is 1. The molecule has 2 aromatic rings. The molecule has 4 heteroatoms. The number of para-hydroxylation sites is 1. The second-order valence-electron chi connectivity index (χ2n) is 3.41. The van der Waals surface area contributed by atoms with Crippen LogP contribution in [0.5, 0.6) is 5.75 Å². The molecule has 82 valence electrons. The van der Waals surface area contributed by atoms with Crippen LogP contribution in [-0.2, 0) is 0 Å². The van der Waals surface area contributed by atoms with Gasteiger partial charge in [0.2, 0.25) is 0 Å². The zero-order chi connectivity index (χ0) is 11.5. The molecule has 0 aliphatic heterocycles. The average molecular weight is 216 g/mol. The van der Waals surface area contributed by atoms with E-state index in [2.05, 4.69) is 9.97 Å². The minimum Gasteiger partial charge on any atom is -0.496 e. The van der Waals surface area contributed by atoms with Gasteiger partial charge in [0, 0.05) is 11.1 Å². The Bertz CT molecular complexity index is 561. The fraction of sp³-hybridized carbons (Fsp3) is 0.167. The van der Waals surface area contributed by atoms with E-state index in [1.165, 1.54) is 6.33 Å². The number of aromatic amines is 1. The van der Waals surface area contributed by atoms with Crippen molar-refractivity contribution in [1.29, 1.82) is 0 Å². The Morgan fingerprint density at radius 2 is 2.06 bits per heavy atom. The molecular formula is C12H12N2O2. The smallest absolute Gasteiger partial charge is 0.254 e. The molecule has 0 saturated carbocycles. The molecule has 1 N–H and O–H groups in total. The summed E-state index contributed by atoms with van der Waals surface area (Å²) in [5, 5.41) is 0. The van der Waals surface area contributed by atoms with Gasteiger partial charge in [0.05, 0.1) is 19.1 Å². The van der Waals surface area contributed by atoms with Gasteiger partial charge in [-0.25, -0.2) is 4.98 Å². The standard InChI is InChI=1S/C12H12N2O2/c1-8-11(13-7-14-12(8)15)9-5-3-4-6-10(9)16-2/h3-7H,1-2H3,(H,13,14,15). The van der Waals surface area contributed by atoms with Crippen LogP contribution in [0.25, 0.3) is 11.3 Å². The van der Waals surface area contributed by atoms with E-state index < -0.39 is 0 Å². The number of nitrogens with zero attached hydrogens (tertiary/aromatic N) is 1. The van der Waals surface area contributed by atoms with E-state index in [1.54, 1.807) is 14.0 Å². The van der Waals surface area contributed by atoms with Crippen LogP contribution < -0.4 is 10.3 Å². The van der Waals surface area contributed by atoms with E-state index >= 15 is 0 Å². The second kappa shape index (κ2) is 4.18. The lowest BCUT2D eigenvalue weighted by Crippen LogP contribution is -2.11. The van der Waals surface area contributed by atoms with E-state index in [-0.39, 0.29) is 5.56 Å². The first-order valence-corrected chi connectivity index (χ1v) is 4.91. The van der Waals surface area contributed by atoms with Gasteiger partial charge in [0.1, 0.15) is 5.75 Å². The van der Waals surface area contributed by atoms with Gasteiger partial charge in [0.25, 0.3) is 5.56 Å². The third-order valence-electron chi connectivity index (χ3n) is 2.45. The van der Waals surface area contributed by atoms with Crippen molar-refractivity contribution < 1.29 is 4.74 Å². The molecule has 1 aromatic heterocycles. The molecule has 0 saturated heterocycles. The van der Waals surface area contributed by atoms with Crippen molar-refractivity contribution in [3.8, 4) is 17.0 Å². The number of nitrogens with one attached hydrogen (secondary N) is 1. The third-order valence-corrected chi connectivity index (χ3v) is 2.45. The number of benzene rings is 1. The Morgan fingerprint density at radius 1 is 1.31 bits per heavy atom. The Morgan fingerprint density at radius 3 is 2.81 bits per heavy atom. The second-order valence-corrected chi connectivity index (χ2v) is 3.41. The Kier molecular flexibility index (Phi) is 2.72. The summed E-state index contributed by atoms with van der Waals surface area (Å²) in [6.07, 6.45) is 1.40. The molecule has 2 rings (SSSR count). The molecule has 1 aromatic carbocycles.